The van der Waals surface area contributed by atoms with Gasteiger partial charge in [0.2, 0.25) is 0 Å². The van der Waals surface area contributed by atoms with Crippen LogP contribution in [-0.4, -0.2) is 4.98 Å². The molecule has 0 aliphatic heterocycles. The Morgan fingerprint density at radius 3 is 3.00 bits per heavy atom. The lowest BCUT2D eigenvalue weighted by molar-refractivity contribution is 0.568. The van der Waals surface area contributed by atoms with Gasteiger partial charge in [-0.1, -0.05) is 6.07 Å². The number of nitrogens with one attached hydrogen (secondary N) is 1. The van der Waals surface area contributed by atoms with Crippen molar-refractivity contribution in [2.75, 3.05) is 5.32 Å². The summed E-state index contributed by atoms with van der Waals surface area (Å²) in [4.78, 5) is 4.19. The van der Waals surface area contributed by atoms with Crippen molar-refractivity contribution in [2.24, 2.45) is 0 Å². The van der Waals surface area contributed by atoms with Gasteiger partial charge in [0.05, 0.1) is 24.2 Å². The molecule has 1 N–H and O–H groups in total. The van der Waals surface area contributed by atoms with Gasteiger partial charge in [-0.2, -0.15) is 0 Å². The second kappa shape index (κ2) is 3.76. The minimum atomic E-state index is 0.723. The fourth-order valence-electron chi connectivity index (χ4n) is 1.06. The smallest absolute Gasteiger partial charge is 0.113 e. The van der Waals surface area contributed by atoms with Crippen LogP contribution in [0.5, 0.6) is 0 Å². The summed E-state index contributed by atoms with van der Waals surface area (Å²) in [6.45, 7) is 0.723. The lowest BCUT2D eigenvalue weighted by Crippen LogP contribution is -1.99. The Balaban J connectivity index is 1.94. The van der Waals surface area contributed by atoms with Crippen LogP contribution < -0.4 is 5.32 Å². The Labute approximate surface area is 76.4 Å². The summed E-state index contributed by atoms with van der Waals surface area (Å²) in [5, 5.41) is 3.18. The molecule has 0 saturated carbocycles. The van der Waals surface area contributed by atoms with Crippen LogP contribution >= 0.6 is 0 Å². The zero-order valence-electron chi connectivity index (χ0n) is 7.10. The van der Waals surface area contributed by atoms with E-state index in [2.05, 4.69) is 10.3 Å². The van der Waals surface area contributed by atoms with Crippen molar-refractivity contribution in [3.8, 4) is 0 Å². The van der Waals surface area contributed by atoms with Crippen LogP contribution in [0.4, 0.5) is 5.69 Å². The first-order chi connectivity index (χ1) is 6.45. The highest BCUT2D eigenvalue weighted by molar-refractivity contribution is 5.38. The first-order valence-corrected chi connectivity index (χ1v) is 4.11. The third-order valence-electron chi connectivity index (χ3n) is 1.72. The predicted octanol–water partition coefficient (Wildman–Crippen LogP) is 2.29. The summed E-state index contributed by atoms with van der Waals surface area (Å²) < 4.78 is 4.92. The van der Waals surface area contributed by atoms with Crippen molar-refractivity contribution >= 4 is 5.69 Å². The third-order valence-corrected chi connectivity index (χ3v) is 1.72. The normalized spacial score (nSPS) is 9.85. The number of nitrogens with zero attached hydrogens (tertiary/aromatic N) is 1. The molecule has 0 aromatic carbocycles. The molecule has 3 heteroatoms. The summed E-state index contributed by atoms with van der Waals surface area (Å²) in [7, 11) is 0. The van der Waals surface area contributed by atoms with Gasteiger partial charge in [-0.15, -0.1) is 0 Å². The van der Waals surface area contributed by atoms with Crippen molar-refractivity contribution in [2.45, 2.75) is 6.54 Å². The zero-order valence-corrected chi connectivity index (χ0v) is 7.10. The first-order valence-electron chi connectivity index (χ1n) is 4.11. The summed E-state index contributed by atoms with van der Waals surface area (Å²) in [6, 6.07) is 7.73. The highest BCUT2D eigenvalue weighted by Crippen LogP contribution is 2.07. The van der Waals surface area contributed by atoms with Crippen LogP contribution in [0.3, 0.4) is 0 Å². The second-order valence-corrected chi connectivity index (χ2v) is 2.69. The molecule has 2 aromatic heterocycles. The van der Waals surface area contributed by atoms with Crippen molar-refractivity contribution in [3.05, 3.63) is 48.7 Å². The summed E-state index contributed by atoms with van der Waals surface area (Å²) in [5.41, 5.74) is 1.99. The number of hydrogen-bond acceptors (Lipinski definition) is 3. The number of anilines is 1. The van der Waals surface area contributed by atoms with Gasteiger partial charge in [-0.05, 0) is 18.2 Å². The average Bonchev–Trinajstić information content (AvgIpc) is 2.69. The van der Waals surface area contributed by atoms with Crippen LogP contribution in [0.15, 0.2) is 47.4 Å². The highest BCUT2D eigenvalue weighted by Gasteiger charge is 1.93. The Bertz CT molecular complexity index is 342. The van der Waals surface area contributed by atoms with Gasteiger partial charge in [0.1, 0.15) is 6.26 Å². The Hall–Kier alpha value is -1.77. The van der Waals surface area contributed by atoms with Gasteiger partial charge in [0.25, 0.3) is 0 Å². The van der Waals surface area contributed by atoms with Gasteiger partial charge in [-0.25, -0.2) is 0 Å². The van der Waals surface area contributed by atoms with E-state index in [0.717, 1.165) is 17.9 Å². The standard InChI is InChI=1S/C10H10N2O/c1-2-5-11-9(3-1)7-12-10-4-6-13-8-10/h1-6,8,12H,7H2. The molecule has 2 rings (SSSR count). The summed E-state index contributed by atoms with van der Waals surface area (Å²) in [5.74, 6) is 0. The molecule has 0 aliphatic rings. The van der Waals surface area contributed by atoms with Crippen LogP contribution in [0.1, 0.15) is 5.69 Å². The van der Waals surface area contributed by atoms with Crippen molar-refractivity contribution in [1.29, 1.82) is 0 Å². The molecule has 0 radical (unpaired) electrons. The third kappa shape index (κ3) is 2.08. The number of hydrogen-bond donors (Lipinski definition) is 1. The highest BCUT2D eigenvalue weighted by atomic mass is 16.3. The van der Waals surface area contributed by atoms with E-state index in [9.17, 15) is 0 Å². The van der Waals surface area contributed by atoms with Gasteiger partial charge >= 0.3 is 0 Å². The minimum Gasteiger partial charge on any atom is -0.470 e. The molecule has 0 saturated heterocycles. The van der Waals surface area contributed by atoms with E-state index < -0.39 is 0 Å². The van der Waals surface area contributed by atoms with E-state index in [1.165, 1.54) is 0 Å². The minimum absolute atomic E-state index is 0.723. The van der Waals surface area contributed by atoms with Gasteiger partial charge < -0.3 is 9.73 Å². The monoisotopic (exact) mass is 174 g/mol. The maximum absolute atomic E-state index is 4.92. The van der Waals surface area contributed by atoms with E-state index >= 15 is 0 Å². The summed E-state index contributed by atoms with van der Waals surface area (Å²) in [6.07, 6.45) is 5.09. The van der Waals surface area contributed by atoms with Gasteiger partial charge in [0, 0.05) is 6.20 Å². The molecule has 13 heavy (non-hydrogen) atoms. The topological polar surface area (TPSA) is 38.1 Å². The second-order valence-electron chi connectivity index (χ2n) is 2.69. The quantitative estimate of drug-likeness (QED) is 0.775. The molecule has 3 nitrogen and oxygen atoms in total. The Morgan fingerprint density at radius 1 is 1.31 bits per heavy atom. The molecular formula is C10H10N2O. The van der Waals surface area contributed by atoms with E-state index in [1.54, 1.807) is 18.7 Å². The molecule has 2 aromatic rings. The molecule has 2 heterocycles. The molecule has 0 amide bonds. The molecule has 0 unspecified atom stereocenters. The lowest BCUT2D eigenvalue weighted by atomic mass is 10.3. The Morgan fingerprint density at radius 2 is 2.31 bits per heavy atom. The number of furan rings is 1. The SMILES string of the molecule is c1ccc(CNc2ccoc2)nc1. The van der Waals surface area contributed by atoms with Crippen LogP contribution in [0.25, 0.3) is 0 Å². The van der Waals surface area contributed by atoms with Gasteiger partial charge in [0.15, 0.2) is 0 Å². The van der Waals surface area contributed by atoms with E-state index in [0.29, 0.717) is 0 Å². The predicted molar refractivity (Wildman–Crippen MR) is 50.3 cm³/mol. The Kier molecular flexibility index (Phi) is 2.27. The van der Waals surface area contributed by atoms with Crippen molar-refractivity contribution < 1.29 is 4.42 Å². The molecule has 66 valence electrons. The molecule has 0 aliphatic carbocycles. The largest absolute Gasteiger partial charge is 0.470 e. The zero-order chi connectivity index (χ0) is 8.93. The number of aromatic nitrogens is 1. The molecule has 0 fully saturated rings. The maximum Gasteiger partial charge on any atom is 0.113 e. The lowest BCUT2D eigenvalue weighted by Gasteiger charge is -2.01. The van der Waals surface area contributed by atoms with Crippen LogP contribution in [-0.2, 0) is 6.54 Å². The maximum atomic E-state index is 4.92. The molecular weight excluding hydrogens is 164 g/mol. The molecule has 0 spiro atoms. The number of pyridine rings is 1. The average molecular weight is 174 g/mol. The fourth-order valence-corrected chi connectivity index (χ4v) is 1.06. The van der Waals surface area contributed by atoms with Crippen LogP contribution in [0.2, 0.25) is 0 Å². The van der Waals surface area contributed by atoms with Crippen LogP contribution in [0, 0.1) is 0 Å². The van der Waals surface area contributed by atoms with E-state index in [-0.39, 0.29) is 0 Å². The summed E-state index contributed by atoms with van der Waals surface area (Å²) >= 11 is 0. The van der Waals surface area contributed by atoms with E-state index in [1.807, 2.05) is 24.3 Å². The van der Waals surface area contributed by atoms with Crippen molar-refractivity contribution in [1.82, 2.24) is 4.98 Å². The molecule has 0 bridgehead atoms. The first kappa shape index (κ1) is 7.86. The van der Waals surface area contributed by atoms with Crippen molar-refractivity contribution in [3.63, 3.8) is 0 Å². The van der Waals surface area contributed by atoms with Gasteiger partial charge in [-0.3, -0.25) is 4.98 Å². The fraction of sp³-hybridized carbons (Fsp3) is 0.100. The van der Waals surface area contributed by atoms with E-state index in [4.69, 9.17) is 4.42 Å². The number of rotatable bonds is 3. The molecule has 0 atom stereocenters.